The number of anilines is 2. The number of hydrogen-bond donors (Lipinski definition) is 1. The zero-order valence-corrected chi connectivity index (χ0v) is 31.1. The average molecular weight is 743 g/mol. The van der Waals surface area contributed by atoms with Gasteiger partial charge in [0.15, 0.2) is 11.6 Å². The van der Waals surface area contributed by atoms with E-state index < -0.39 is 29.7 Å². The molecule has 1 atom stereocenters. The first-order valence-corrected chi connectivity index (χ1v) is 19.2. The van der Waals surface area contributed by atoms with Crippen LogP contribution in [0.25, 0.3) is 32.9 Å². The topological polar surface area (TPSA) is 124 Å². The predicted octanol–water partition coefficient (Wildman–Crippen LogP) is 5.07. The molecular formula is C42H43FN8O4. The number of piperazine rings is 1. The van der Waals surface area contributed by atoms with Gasteiger partial charge in [0.1, 0.15) is 6.04 Å². The number of nitrogens with zero attached hydrogens (tertiary/aromatic N) is 7. The number of pyridine rings is 2. The van der Waals surface area contributed by atoms with E-state index in [4.69, 9.17) is 0 Å². The maximum absolute atomic E-state index is 15.6. The van der Waals surface area contributed by atoms with Crippen LogP contribution in [0.2, 0.25) is 0 Å². The number of aryl methyl sites for hydroxylation is 2. The Labute approximate surface area is 317 Å². The second-order valence-corrected chi connectivity index (χ2v) is 15.4. The van der Waals surface area contributed by atoms with Gasteiger partial charge in [0.2, 0.25) is 11.8 Å². The van der Waals surface area contributed by atoms with Gasteiger partial charge in [0.25, 0.3) is 11.8 Å². The summed E-state index contributed by atoms with van der Waals surface area (Å²) in [7, 11) is 2.05. The third-order valence-electron chi connectivity index (χ3n) is 12.1. The summed E-state index contributed by atoms with van der Waals surface area (Å²) in [6, 6.07) is 14.3. The Morgan fingerprint density at radius 1 is 0.764 bits per heavy atom. The molecule has 3 saturated heterocycles. The van der Waals surface area contributed by atoms with Crippen molar-refractivity contribution < 1.29 is 23.6 Å². The number of carbonyl (C=O) groups is 4. The highest BCUT2D eigenvalue weighted by atomic mass is 19.1. The van der Waals surface area contributed by atoms with Crippen molar-refractivity contribution in [3.8, 4) is 11.1 Å². The molecule has 0 bridgehead atoms. The fourth-order valence-corrected chi connectivity index (χ4v) is 8.88. The van der Waals surface area contributed by atoms with Crippen LogP contribution >= 0.6 is 0 Å². The summed E-state index contributed by atoms with van der Waals surface area (Å²) >= 11 is 0. The Bertz CT molecular complexity index is 2390. The number of fused-ring (bicyclic) bond motifs is 4. The second-order valence-electron chi connectivity index (χ2n) is 15.4. The Morgan fingerprint density at radius 3 is 2.29 bits per heavy atom. The quantitative estimate of drug-likeness (QED) is 0.228. The van der Waals surface area contributed by atoms with Gasteiger partial charge in [-0.2, -0.15) is 0 Å². The number of aromatic nitrogens is 3. The van der Waals surface area contributed by atoms with Gasteiger partial charge >= 0.3 is 0 Å². The Balaban J connectivity index is 0.764. The molecule has 3 aromatic heterocycles. The SMILES string of the molecule is Cc1cc2c(cn1)c1ccc(-c3cnc(N4CCC(CCN5CCN(c6ccc7c(c6)C(=O)N(C6CCC(=O)NC6=O)C7=O)CC5)CC4)c(F)c3)cc1n2C. The molecule has 5 aromatic rings. The van der Waals surface area contributed by atoms with E-state index in [0.717, 1.165) is 114 Å². The predicted molar refractivity (Wildman–Crippen MR) is 207 cm³/mol. The van der Waals surface area contributed by atoms with E-state index in [1.165, 1.54) is 0 Å². The van der Waals surface area contributed by atoms with Crippen LogP contribution in [0.1, 0.15) is 58.5 Å². The van der Waals surface area contributed by atoms with Gasteiger partial charge in [-0.3, -0.25) is 39.3 Å². The summed E-state index contributed by atoms with van der Waals surface area (Å²) in [5.41, 5.74) is 6.33. The van der Waals surface area contributed by atoms with Crippen LogP contribution in [0.5, 0.6) is 0 Å². The Hall–Kier alpha value is -5.69. The summed E-state index contributed by atoms with van der Waals surface area (Å²) in [5, 5.41) is 4.47. The molecule has 4 aliphatic heterocycles. The van der Waals surface area contributed by atoms with E-state index in [0.29, 0.717) is 22.9 Å². The van der Waals surface area contributed by atoms with Crippen molar-refractivity contribution in [2.24, 2.45) is 13.0 Å². The van der Waals surface area contributed by atoms with Crippen molar-refractivity contribution in [3.05, 3.63) is 83.6 Å². The zero-order valence-electron chi connectivity index (χ0n) is 31.1. The Kier molecular flexibility index (Phi) is 8.83. The Morgan fingerprint density at radius 2 is 1.53 bits per heavy atom. The maximum atomic E-state index is 15.6. The molecule has 7 heterocycles. The van der Waals surface area contributed by atoms with Gasteiger partial charge in [0, 0.05) is 98.4 Å². The van der Waals surface area contributed by atoms with Gasteiger partial charge in [-0.05, 0) is 87.0 Å². The fraction of sp³-hybridized carbons (Fsp3) is 0.381. The third-order valence-corrected chi connectivity index (χ3v) is 12.1. The third kappa shape index (κ3) is 6.29. The molecule has 0 saturated carbocycles. The number of hydrogen-bond acceptors (Lipinski definition) is 9. The van der Waals surface area contributed by atoms with E-state index in [9.17, 15) is 19.2 Å². The lowest BCUT2D eigenvalue weighted by Gasteiger charge is -2.38. The van der Waals surface area contributed by atoms with Crippen LogP contribution in [0, 0.1) is 18.7 Å². The maximum Gasteiger partial charge on any atom is 0.262 e. The van der Waals surface area contributed by atoms with Crippen LogP contribution in [0.4, 0.5) is 15.9 Å². The number of rotatable bonds is 7. The number of carbonyl (C=O) groups excluding carboxylic acids is 4. The van der Waals surface area contributed by atoms with Crippen molar-refractivity contribution in [1.29, 1.82) is 0 Å². The first-order valence-electron chi connectivity index (χ1n) is 19.2. The molecule has 2 aromatic carbocycles. The summed E-state index contributed by atoms with van der Waals surface area (Å²) in [6.07, 6.45) is 7.01. The second kappa shape index (κ2) is 13.9. The number of halogens is 1. The minimum absolute atomic E-state index is 0.0925. The van der Waals surface area contributed by atoms with Gasteiger partial charge < -0.3 is 14.4 Å². The van der Waals surface area contributed by atoms with Gasteiger partial charge in [-0.1, -0.05) is 12.1 Å². The van der Waals surface area contributed by atoms with Gasteiger partial charge in [-0.25, -0.2) is 9.37 Å². The molecule has 4 aliphatic rings. The summed E-state index contributed by atoms with van der Waals surface area (Å²) in [5.74, 6) is -1.28. The lowest BCUT2D eigenvalue weighted by atomic mass is 9.93. The molecule has 1 unspecified atom stereocenters. The van der Waals surface area contributed by atoms with Gasteiger partial charge in [0.05, 0.1) is 16.6 Å². The molecule has 12 nitrogen and oxygen atoms in total. The van der Waals surface area contributed by atoms with Crippen molar-refractivity contribution in [2.45, 2.75) is 45.1 Å². The summed E-state index contributed by atoms with van der Waals surface area (Å²) in [6.45, 7) is 7.90. The van der Waals surface area contributed by atoms with E-state index in [1.54, 1.807) is 24.4 Å². The molecule has 0 spiro atoms. The van der Waals surface area contributed by atoms with Crippen LogP contribution in [-0.2, 0) is 16.6 Å². The number of imide groups is 2. The lowest BCUT2D eigenvalue weighted by molar-refractivity contribution is -0.136. The molecule has 1 N–H and O–H groups in total. The standard InChI is InChI=1S/C42H43FN8O4/c1-25-19-36-33(24-44-25)30-5-3-27(21-37(30)47(36)2)28-20-34(43)39(45-23-28)50-13-10-26(11-14-50)9-12-48-15-17-49(18-16-48)29-4-6-31-32(22-29)42(55)51(41(31)54)35-7-8-38(52)46-40(35)53/h3-6,19-24,26,35H,7-18H2,1-2H3,(H,46,52,53). The molecule has 55 heavy (non-hydrogen) atoms. The minimum atomic E-state index is -0.972. The highest BCUT2D eigenvalue weighted by Crippen LogP contribution is 2.34. The molecule has 4 amide bonds. The largest absolute Gasteiger partial charge is 0.369 e. The highest BCUT2D eigenvalue weighted by molar-refractivity contribution is 6.23. The molecule has 282 valence electrons. The molecule has 3 fully saturated rings. The number of amides is 4. The van der Waals surface area contributed by atoms with Crippen LogP contribution < -0.4 is 15.1 Å². The van der Waals surface area contributed by atoms with Gasteiger partial charge in [-0.15, -0.1) is 0 Å². The van der Waals surface area contributed by atoms with E-state index in [-0.39, 0.29) is 18.7 Å². The minimum Gasteiger partial charge on any atom is -0.369 e. The molecule has 9 rings (SSSR count). The molecule has 0 aliphatic carbocycles. The van der Waals surface area contributed by atoms with Crippen LogP contribution in [0.15, 0.2) is 60.9 Å². The van der Waals surface area contributed by atoms with E-state index >= 15 is 4.39 Å². The first-order chi connectivity index (χ1) is 26.6. The fourth-order valence-electron chi connectivity index (χ4n) is 8.88. The molecule has 13 heteroatoms. The zero-order chi connectivity index (χ0) is 38.0. The molecular weight excluding hydrogens is 700 g/mol. The first kappa shape index (κ1) is 35.0. The summed E-state index contributed by atoms with van der Waals surface area (Å²) in [4.78, 5) is 67.3. The van der Waals surface area contributed by atoms with Crippen molar-refractivity contribution in [2.75, 3.05) is 55.6 Å². The van der Waals surface area contributed by atoms with E-state index in [1.807, 2.05) is 25.3 Å². The number of nitrogens with one attached hydrogen (secondary N) is 1. The van der Waals surface area contributed by atoms with Crippen LogP contribution in [-0.4, -0.2) is 99.8 Å². The van der Waals surface area contributed by atoms with Crippen LogP contribution in [0.3, 0.4) is 0 Å². The average Bonchev–Trinajstić information content (AvgIpc) is 3.61. The number of benzene rings is 2. The van der Waals surface area contributed by atoms with Crippen molar-refractivity contribution in [1.82, 2.24) is 29.7 Å². The van der Waals surface area contributed by atoms with Crippen molar-refractivity contribution >= 4 is 56.9 Å². The van der Waals surface area contributed by atoms with E-state index in [2.05, 4.69) is 59.8 Å². The molecule has 0 radical (unpaired) electrons. The highest BCUT2D eigenvalue weighted by Gasteiger charge is 2.44. The monoisotopic (exact) mass is 742 g/mol. The normalized spacial score (nSPS) is 19.9. The smallest absolute Gasteiger partial charge is 0.262 e. The summed E-state index contributed by atoms with van der Waals surface area (Å²) < 4.78 is 17.8. The van der Waals surface area contributed by atoms with Crippen molar-refractivity contribution in [3.63, 3.8) is 0 Å². The lowest BCUT2D eigenvalue weighted by Crippen LogP contribution is -2.54. The number of piperidine rings is 2.